The average molecular weight is 426 g/mol. The van der Waals surface area contributed by atoms with E-state index in [1.165, 1.54) is 16.8 Å². The lowest BCUT2D eigenvalue weighted by Crippen LogP contribution is -2.26. The van der Waals surface area contributed by atoms with Crippen molar-refractivity contribution in [3.05, 3.63) is 60.0 Å². The Morgan fingerprint density at radius 3 is 2.48 bits per heavy atom. The molecule has 6 nitrogen and oxygen atoms in total. The molecular weight excluding hydrogens is 397 g/mol. The number of unbranched alkanes of at least 4 members (excludes halogenated alkanes) is 3. The van der Waals surface area contributed by atoms with Gasteiger partial charge in [0, 0.05) is 18.2 Å². The van der Waals surface area contributed by atoms with Gasteiger partial charge in [-0.1, -0.05) is 26.2 Å². The maximum atomic E-state index is 13.4. The molecule has 0 saturated heterocycles. The summed E-state index contributed by atoms with van der Waals surface area (Å²) in [7, 11) is 3.15. The first kappa shape index (κ1) is 22.3. The summed E-state index contributed by atoms with van der Waals surface area (Å²) in [5, 5.41) is 7.60. The molecule has 164 valence electrons. The van der Waals surface area contributed by atoms with Crippen LogP contribution in [0.3, 0.4) is 0 Å². The fraction of sp³-hybridized carbons (Fsp3) is 0.333. The number of amides is 1. The molecule has 0 aliphatic heterocycles. The van der Waals surface area contributed by atoms with Gasteiger partial charge in [0.25, 0.3) is 5.91 Å². The predicted octanol–water partition coefficient (Wildman–Crippen LogP) is 5.01. The van der Waals surface area contributed by atoms with Crippen LogP contribution in [0.5, 0.6) is 11.5 Å². The van der Waals surface area contributed by atoms with Crippen LogP contribution in [-0.4, -0.2) is 36.5 Å². The molecule has 7 heteroatoms. The molecule has 0 aliphatic carbocycles. The van der Waals surface area contributed by atoms with Gasteiger partial charge in [0.05, 0.1) is 25.6 Å². The number of carbonyl (C=O) groups is 1. The number of methoxy groups -OCH3 is 2. The predicted molar refractivity (Wildman–Crippen MR) is 119 cm³/mol. The van der Waals surface area contributed by atoms with Gasteiger partial charge in [0.1, 0.15) is 23.0 Å². The standard InChI is InChI=1S/C24H28FN3O3/c1-4-5-6-7-14-26-24(29)22-16-21(20-13-12-19(30-2)15-23(20)31-3)27-28(22)18-10-8-17(25)9-11-18/h8-13,15-16H,4-7,14H2,1-3H3,(H,26,29). The average Bonchev–Trinajstić information content (AvgIpc) is 3.24. The van der Waals surface area contributed by atoms with E-state index in [0.29, 0.717) is 35.1 Å². The Labute approximate surface area is 182 Å². The zero-order valence-electron chi connectivity index (χ0n) is 18.2. The molecular formula is C24H28FN3O3. The van der Waals surface area contributed by atoms with Gasteiger partial charge < -0.3 is 14.8 Å². The number of nitrogens with zero attached hydrogens (tertiary/aromatic N) is 2. The number of aromatic nitrogens is 2. The lowest BCUT2D eigenvalue weighted by Gasteiger charge is -2.09. The zero-order chi connectivity index (χ0) is 22.2. The van der Waals surface area contributed by atoms with E-state index >= 15 is 0 Å². The first-order valence-electron chi connectivity index (χ1n) is 10.4. The first-order valence-corrected chi connectivity index (χ1v) is 10.4. The number of hydrogen-bond donors (Lipinski definition) is 1. The number of nitrogens with one attached hydrogen (secondary N) is 1. The Bertz CT molecular complexity index is 1020. The van der Waals surface area contributed by atoms with E-state index in [9.17, 15) is 9.18 Å². The van der Waals surface area contributed by atoms with Gasteiger partial charge in [-0.3, -0.25) is 4.79 Å². The monoisotopic (exact) mass is 425 g/mol. The van der Waals surface area contributed by atoms with E-state index in [4.69, 9.17) is 9.47 Å². The van der Waals surface area contributed by atoms with Crippen LogP contribution in [0.1, 0.15) is 43.1 Å². The summed E-state index contributed by atoms with van der Waals surface area (Å²) in [4.78, 5) is 12.9. The van der Waals surface area contributed by atoms with Gasteiger partial charge >= 0.3 is 0 Å². The second-order valence-electron chi connectivity index (χ2n) is 7.19. The third kappa shape index (κ3) is 5.42. The maximum Gasteiger partial charge on any atom is 0.270 e. The molecule has 3 aromatic rings. The van der Waals surface area contributed by atoms with Gasteiger partial charge in [-0.05, 0) is 48.9 Å². The maximum absolute atomic E-state index is 13.4. The second-order valence-corrected chi connectivity index (χ2v) is 7.19. The van der Waals surface area contributed by atoms with E-state index < -0.39 is 0 Å². The summed E-state index contributed by atoms with van der Waals surface area (Å²) in [5.74, 6) is 0.653. The van der Waals surface area contributed by atoms with Crippen molar-refractivity contribution in [2.24, 2.45) is 0 Å². The number of halogens is 1. The Balaban J connectivity index is 1.96. The van der Waals surface area contributed by atoms with E-state index in [1.807, 2.05) is 12.1 Å². The number of benzene rings is 2. The number of carbonyl (C=O) groups excluding carboxylic acids is 1. The summed E-state index contributed by atoms with van der Waals surface area (Å²) < 4.78 is 25.7. The van der Waals surface area contributed by atoms with Crippen molar-refractivity contribution in [1.82, 2.24) is 15.1 Å². The quantitative estimate of drug-likeness (QED) is 0.464. The molecule has 0 radical (unpaired) electrons. The Morgan fingerprint density at radius 1 is 1.03 bits per heavy atom. The van der Waals surface area contributed by atoms with Gasteiger partial charge in [-0.2, -0.15) is 5.10 Å². The number of ether oxygens (including phenoxy) is 2. The Kier molecular flexibility index (Phi) is 7.65. The Morgan fingerprint density at radius 2 is 1.81 bits per heavy atom. The summed E-state index contributed by atoms with van der Waals surface area (Å²) in [5.41, 5.74) is 2.26. The summed E-state index contributed by atoms with van der Waals surface area (Å²) in [6.45, 7) is 2.74. The van der Waals surface area contributed by atoms with Gasteiger partial charge in [0.15, 0.2) is 0 Å². The van der Waals surface area contributed by atoms with Crippen LogP contribution in [0.4, 0.5) is 4.39 Å². The lowest BCUT2D eigenvalue weighted by atomic mass is 10.1. The molecule has 0 atom stereocenters. The van der Waals surface area contributed by atoms with Crippen LogP contribution < -0.4 is 14.8 Å². The van der Waals surface area contributed by atoms with Crippen LogP contribution in [0.25, 0.3) is 16.9 Å². The van der Waals surface area contributed by atoms with E-state index in [0.717, 1.165) is 31.2 Å². The zero-order valence-corrected chi connectivity index (χ0v) is 18.2. The van der Waals surface area contributed by atoms with Gasteiger partial charge in [-0.25, -0.2) is 9.07 Å². The fourth-order valence-corrected chi connectivity index (χ4v) is 3.31. The highest BCUT2D eigenvalue weighted by Crippen LogP contribution is 2.33. The van der Waals surface area contributed by atoms with Crippen molar-refractivity contribution in [2.45, 2.75) is 32.6 Å². The minimum Gasteiger partial charge on any atom is -0.497 e. The molecule has 0 bridgehead atoms. The Hall–Kier alpha value is -3.35. The molecule has 3 rings (SSSR count). The van der Waals surface area contributed by atoms with Gasteiger partial charge in [0.2, 0.25) is 0 Å². The molecule has 0 aliphatic rings. The van der Waals surface area contributed by atoms with Crippen molar-refractivity contribution in [3.63, 3.8) is 0 Å². The van der Waals surface area contributed by atoms with Crippen molar-refractivity contribution >= 4 is 5.91 Å². The summed E-state index contributed by atoms with van der Waals surface area (Å²) in [6, 6.07) is 13.0. The van der Waals surface area contributed by atoms with Crippen LogP contribution in [0, 0.1) is 5.82 Å². The van der Waals surface area contributed by atoms with Crippen LogP contribution in [-0.2, 0) is 0 Å². The van der Waals surface area contributed by atoms with E-state index in [-0.39, 0.29) is 11.7 Å². The third-order valence-electron chi connectivity index (χ3n) is 5.01. The summed E-state index contributed by atoms with van der Waals surface area (Å²) >= 11 is 0. The molecule has 0 fully saturated rings. The molecule has 2 aromatic carbocycles. The molecule has 31 heavy (non-hydrogen) atoms. The highest BCUT2D eigenvalue weighted by Gasteiger charge is 2.19. The van der Waals surface area contributed by atoms with Crippen molar-refractivity contribution in [2.75, 3.05) is 20.8 Å². The van der Waals surface area contributed by atoms with Crippen LogP contribution >= 0.6 is 0 Å². The number of hydrogen-bond acceptors (Lipinski definition) is 4. The lowest BCUT2D eigenvalue weighted by molar-refractivity contribution is 0.0945. The third-order valence-corrected chi connectivity index (χ3v) is 5.01. The molecule has 1 N–H and O–H groups in total. The highest BCUT2D eigenvalue weighted by atomic mass is 19.1. The first-order chi connectivity index (χ1) is 15.1. The molecule has 0 saturated carbocycles. The van der Waals surface area contributed by atoms with E-state index in [1.54, 1.807) is 38.5 Å². The topological polar surface area (TPSA) is 65.4 Å². The van der Waals surface area contributed by atoms with Crippen LogP contribution in [0.2, 0.25) is 0 Å². The largest absolute Gasteiger partial charge is 0.497 e. The highest BCUT2D eigenvalue weighted by molar-refractivity contribution is 5.94. The SMILES string of the molecule is CCCCCCNC(=O)c1cc(-c2ccc(OC)cc2OC)nn1-c1ccc(F)cc1. The minimum atomic E-state index is -0.352. The molecule has 1 heterocycles. The molecule has 1 aromatic heterocycles. The second kappa shape index (κ2) is 10.6. The number of rotatable bonds is 10. The molecule has 0 spiro atoms. The van der Waals surface area contributed by atoms with Crippen molar-refractivity contribution < 1.29 is 18.7 Å². The van der Waals surface area contributed by atoms with Crippen molar-refractivity contribution in [3.8, 4) is 28.4 Å². The minimum absolute atomic E-state index is 0.230. The van der Waals surface area contributed by atoms with Crippen molar-refractivity contribution in [1.29, 1.82) is 0 Å². The molecule has 0 unspecified atom stereocenters. The summed E-state index contributed by atoms with van der Waals surface area (Å²) in [6.07, 6.45) is 4.27. The van der Waals surface area contributed by atoms with Gasteiger partial charge in [-0.15, -0.1) is 0 Å². The van der Waals surface area contributed by atoms with E-state index in [2.05, 4.69) is 17.3 Å². The molecule has 1 amide bonds. The van der Waals surface area contributed by atoms with Crippen LogP contribution in [0.15, 0.2) is 48.5 Å². The fourth-order valence-electron chi connectivity index (χ4n) is 3.31. The smallest absolute Gasteiger partial charge is 0.270 e. The normalized spacial score (nSPS) is 10.7.